The molecule has 0 aromatic carbocycles. The van der Waals surface area contributed by atoms with Gasteiger partial charge in [0.05, 0.1) is 26.4 Å². The molecule has 7 N–H and O–H groups in total. The van der Waals surface area contributed by atoms with E-state index in [4.69, 9.17) is 28.4 Å². The van der Waals surface area contributed by atoms with Crippen LogP contribution in [0.25, 0.3) is 0 Å². The van der Waals surface area contributed by atoms with E-state index >= 15 is 0 Å². The van der Waals surface area contributed by atoms with Crippen LogP contribution in [0.2, 0.25) is 0 Å². The van der Waals surface area contributed by atoms with Crippen LogP contribution in [0.4, 0.5) is 0 Å². The number of ether oxygens (including phenoxy) is 6. The standard InChI is InChI=1S/C69H118O14/c1-3-5-7-9-11-13-15-17-19-21-23-25-27-28-29-31-33-35-37-39-41-43-45-47-49-51-53-78-55-58(56-79-68-67(77)65(75)63(73)60(83-68)57-80-69-66(76)64(74)62(72)59(54-70)82-69)81-61(71)52-50-48-46-44-42-40-38-36-34-32-30-26-24-22-20-18-16-14-12-10-8-6-4-2/h5-8,11-14,17-20,23-26,58-60,62-70,72-77H,3-4,9-10,15-16,21-22,27-57H2,1-2H3/b7-5-,8-6-,13-11-,14-12-,19-17-,20-18-,25-23-,26-24-. The lowest BCUT2D eigenvalue weighted by Gasteiger charge is -2.42. The number of esters is 1. The number of carbonyl (C=O) groups excluding carboxylic acids is 1. The summed E-state index contributed by atoms with van der Waals surface area (Å²) in [5, 5.41) is 72.6. The fraction of sp³-hybridized carbons (Fsp3) is 0.754. The highest BCUT2D eigenvalue weighted by Gasteiger charge is 2.47. The zero-order chi connectivity index (χ0) is 60.1. The Morgan fingerprint density at radius 1 is 0.398 bits per heavy atom. The van der Waals surface area contributed by atoms with Crippen LogP contribution in [-0.2, 0) is 33.2 Å². The minimum atomic E-state index is -1.71. The first kappa shape index (κ1) is 76.0. The number of aliphatic hydroxyl groups excluding tert-OH is 7. The van der Waals surface area contributed by atoms with E-state index in [0.717, 1.165) is 96.3 Å². The molecule has 0 saturated carbocycles. The van der Waals surface area contributed by atoms with Crippen LogP contribution < -0.4 is 0 Å². The highest BCUT2D eigenvalue weighted by atomic mass is 16.7. The van der Waals surface area contributed by atoms with Crippen molar-refractivity contribution in [3.8, 4) is 0 Å². The summed E-state index contributed by atoms with van der Waals surface area (Å²) < 4.78 is 34.5. The third-order valence-electron chi connectivity index (χ3n) is 15.1. The molecule has 2 fully saturated rings. The molecule has 0 aromatic rings. The lowest BCUT2D eigenvalue weighted by Crippen LogP contribution is -2.61. The van der Waals surface area contributed by atoms with Crippen molar-refractivity contribution in [3.63, 3.8) is 0 Å². The van der Waals surface area contributed by atoms with Gasteiger partial charge in [-0.25, -0.2) is 0 Å². The fourth-order valence-corrected chi connectivity index (χ4v) is 9.92. The largest absolute Gasteiger partial charge is 0.457 e. The molecule has 0 aliphatic carbocycles. The van der Waals surface area contributed by atoms with Crippen LogP contribution in [0, 0.1) is 0 Å². The molecule has 0 bridgehead atoms. The van der Waals surface area contributed by atoms with Gasteiger partial charge < -0.3 is 64.2 Å². The molecule has 0 radical (unpaired) electrons. The Balaban J connectivity index is 1.66. The second kappa shape index (κ2) is 54.3. The quantitative estimate of drug-likeness (QED) is 0.0172. The summed E-state index contributed by atoms with van der Waals surface area (Å²) in [6.45, 7) is 3.47. The van der Waals surface area contributed by atoms with Gasteiger partial charge in [-0.05, 0) is 89.9 Å². The van der Waals surface area contributed by atoms with E-state index in [1.54, 1.807) is 0 Å². The number of unbranched alkanes of at least 4 members (excludes halogenated alkanes) is 23. The van der Waals surface area contributed by atoms with Gasteiger partial charge in [-0.3, -0.25) is 4.79 Å². The second-order valence-corrected chi connectivity index (χ2v) is 22.5. The highest BCUT2D eigenvalue weighted by molar-refractivity contribution is 5.69. The first-order chi connectivity index (χ1) is 40.6. The molecule has 14 heteroatoms. The molecular weight excluding hydrogens is 1050 g/mol. The number of rotatable bonds is 53. The SMILES string of the molecule is CC/C=C\C/C=C\C/C=C\C/C=C\CCCCCCCCCCCCCCCOCC(COC1OC(COC2OC(CO)C(O)C(O)C2O)C(O)C(O)C1O)OC(=O)CCCCCCCCCCCC/C=C\C/C=C\C/C=C\C/C=C\CC. The molecule has 2 aliphatic heterocycles. The van der Waals surface area contributed by atoms with Gasteiger partial charge in [-0.15, -0.1) is 0 Å². The molecule has 0 amide bonds. The summed E-state index contributed by atoms with van der Waals surface area (Å²) >= 11 is 0. The average Bonchev–Trinajstić information content (AvgIpc) is 3.69. The summed E-state index contributed by atoms with van der Waals surface area (Å²) in [4.78, 5) is 13.1. The minimum Gasteiger partial charge on any atom is -0.457 e. The van der Waals surface area contributed by atoms with E-state index in [0.29, 0.717) is 13.0 Å². The van der Waals surface area contributed by atoms with Crippen LogP contribution in [0.15, 0.2) is 97.2 Å². The van der Waals surface area contributed by atoms with Crippen LogP contribution in [-0.4, -0.2) is 142 Å². The normalized spacial score (nSPS) is 24.1. The van der Waals surface area contributed by atoms with Gasteiger partial charge in [0.15, 0.2) is 12.6 Å². The molecule has 478 valence electrons. The van der Waals surface area contributed by atoms with Crippen LogP contribution in [0.3, 0.4) is 0 Å². The van der Waals surface area contributed by atoms with Crippen molar-refractivity contribution < 1.29 is 69.0 Å². The molecule has 11 atom stereocenters. The smallest absolute Gasteiger partial charge is 0.306 e. The Hall–Kier alpha value is -3.09. The van der Waals surface area contributed by atoms with Gasteiger partial charge in [0, 0.05) is 13.0 Å². The van der Waals surface area contributed by atoms with Gasteiger partial charge in [0.25, 0.3) is 0 Å². The summed E-state index contributed by atoms with van der Waals surface area (Å²) in [5.41, 5.74) is 0. The van der Waals surface area contributed by atoms with Gasteiger partial charge in [0.2, 0.25) is 0 Å². The molecule has 11 unspecified atom stereocenters. The maximum Gasteiger partial charge on any atom is 0.306 e. The zero-order valence-electron chi connectivity index (χ0n) is 51.7. The van der Waals surface area contributed by atoms with E-state index in [9.17, 15) is 40.5 Å². The number of aliphatic hydroxyl groups is 7. The molecule has 2 aliphatic rings. The number of carbonyl (C=O) groups is 1. The third kappa shape index (κ3) is 40.1. The minimum absolute atomic E-state index is 0.0547. The van der Waals surface area contributed by atoms with Crippen molar-refractivity contribution in [3.05, 3.63) is 97.2 Å². The number of hydrogen-bond acceptors (Lipinski definition) is 14. The Morgan fingerprint density at radius 2 is 0.747 bits per heavy atom. The van der Waals surface area contributed by atoms with Gasteiger partial charge in [-0.1, -0.05) is 233 Å². The highest BCUT2D eigenvalue weighted by Crippen LogP contribution is 2.27. The van der Waals surface area contributed by atoms with E-state index in [1.807, 2.05) is 0 Å². The van der Waals surface area contributed by atoms with Crippen LogP contribution >= 0.6 is 0 Å². The lowest BCUT2D eigenvalue weighted by molar-refractivity contribution is -0.332. The third-order valence-corrected chi connectivity index (χ3v) is 15.1. The fourth-order valence-electron chi connectivity index (χ4n) is 9.92. The Bertz CT molecular complexity index is 1740. The summed E-state index contributed by atoms with van der Waals surface area (Å²) in [6, 6.07) is 0. The first-order valence-corrected chi connectivity index (χ1v) is 32.8. The van der Waals surface area contributed by atoms with E-state index in [2.05, 4.69) is 111 Å². The van der Waals surface area contributed by atoms with Crippen molar-refractivity contribution >= 4 is 5.97 Å². The summed E-state index contributed by atoms with van der Waals surface area (Å²) in [6.07, 6.45) is 57.5. The molecule has 2 heterocycles. The van der Waals surface area contributed by atoms with Crippen molar-refractivity contribution in [2.75, 3.05) is 33.0 Å². The predicted molar refractivity (Wildman–Crippen MR) is 334 cm³/mol. The molecule has 2 saturated heterocycles. The summed E-state index contributed by atoms with van der Waals surface area (Å²) in [7, 11) is 0. The van der Waals surface area contributed by atoms with Crippen molar-refractivity contribution in [1.82, 2.24) is 0 Å². The average molecular weight is 1170 g/mol. The molecule has 83 heavy (non-hydrogen) atoms. The molecule has 0 spiro atoms. The molecule has 14 nitrogen and oxygen atoms in total. The van der Waals surface area contributed by atoms with Crippen molar-refractivity contribution in [2.24, 2.45) is 0 Å². The monoisotopic (exact) mass is 1170 g/mol. The topological polar surface area (TPSA) is 214 Å². The lowest BCUT2D eigenvalue weighted by atomic mass is 9.98. The number of allylic oxidation sites excluding steroid dienone is 16. The summed E-state index contributed by atoms with van der Waals surface area (Å²) in [5.74, 6) is -0.382. The van der Waals surface area contributed by atoms with Crippen LogP contribution in [0.5, 0.6) is 0 Å². The van der Waals surface area contributed by atoms with Gasteiger partial charge in [0.1, 0.15) is 54.9 Å². The van der Waals surface area contributed by atoms with Crippen LogP contribution in [0.1, 0.15) is 232 Å². The Labute approximate surface area is 502 Å². The van der Waals surface area contributed by atoms with E-state index in [-0.39, 0.29) is 25.6 Å². The van der Waals surface area contributed by atoms with Gasteiger partial charge in [-0.2, -0.15) is 0 Å². The van der Waals surface area contributed by atoms with Crippen molar-refractivity contribution in [1.29, 1.82) is 0 Å². The van der Waals surface area contributed by atoms with Crippen molar-refractivity contribution in [2.45, 2.75) is 300 Å². The maximum absolute atomic E-state index is 13.1. The molecule has 0 aromatic heterocycles. The number of hydrogen-bond donors (Lipinski definition) is 7. The van der Waals surface area contributed by atoms with E-state index in [1.165, 1.54) is 109 Å². The van der Waals surface area contributed by atoms with E-state index < -0.39 is 80.7 Å². The first-order valence-electron chi connectivity index (χ1n) is 32.8. The Kier molecular flexibility index (Phi) is 49.7. The predicted octanol–water partition coefficient (Wildman–Crippen LogP) is 13.3. The maximum atomic E-state index is 13.1. The molecular formula is C69H118O14. The molecule has 2 rings (SSSR count). The Morgan fingerprint density at radius 3 is 1.17 bits per heavy atom. The van der Waals surface area contributed by atoms with Gasteiger partial charge >= 0.3 is 5.97 Å². The second-order valence-electron chi connectivity index (χ2n) is 22.5. The zero-order valence-corrected chi connectivity index (χ0v) is 51.7.